The summed E-state index contributed by atoms with van der Waals surface area (Å²) in [5.41, 5.74) is 0.161. The second-order valence-corrected chi connectivity index (χ2v) is 11.1. The fourth-order valence-electron chi connectivity index (χ4n) is 4.99. The van der Waals surface area contributed by atoms with Crippen molar-refractivity contribution in [2.24, 2.45) is 11.8 Å². The molecule has 228 valence electrons. The largest absolute Gasteiger partial charge is 0.491 e. The molecule has 0 spiro atoms. The number of nitrogens with zero attached hydrogens (tertiary/aromatic N) is 2. The number of amides is 4. The Hall–Kier alpha value is -3.80. The Bertz CT molecular complexity index is 1280. The average Bonchev–Trinajstić information content (AvgIpc) is 2.91. The first-order chi connectivity index (χ1) is 19.9. The highest BCUT2D eigenvalue weighted by Gasteiger charge is 2.32. The van der Waals surface area contributed by atoms with E-state index in [1.165, 1.54) is 24.1 Å². The summed E-state index contributed by atoms with van der Waals surface area (Å²) in [4.78, 5) is 42.5. The van der Waals surface area contributed by atoms with Crippen LogP contribution in [0.4, 0.5) is 29.3 Å². The summed E-state index contributed by atoms with van der Waals surface area (Å²) in [6.45, 7) is 4.16. The summed E-state index contributed by atoms with van der Waals surface area (Å²) >= 11 is 0. The topological polar surface area (TPSA) is 100 Å². The first kappa shape index (κ1) is 31.1. The normalized spacial score (nSPS) is 22.2. The molecule has 1 heterocycles. The number of hydrogen-bond acceptors (Lipinski definition) is 5. The van der Waals surface area contributed by atoms with Crippen molar-refractivity contribution in [2.45, 2.75) is 51.4 Å². The Balaban J connectivity index is 1.58. The van der Waals surface area contributed by atoms with Crippen LogP contribution < -0.4 is 15.4 Å². The Labute approximate surface area is 243 Å². The standard InChI is InChI=1S/C30H37F3N4O5/c1-18-15-37(29(40)35-22-10-8-21(9-11-22)30(31,32)33)19(2)17-42-25-13-12-23(34-27(38)20-6-5-7-20)14-24(25)28(39)36(3)16-26(18)41-4/h8-14,18-20,26H,5-7,15-17H2,1-4H3,(H,34,38)(H,35,40)/t18-,19-,26-/m1/s1. The highest BCUT2D eigenvalue weighted by atomic mass is 19.4. The molecule has 0 bridgehead atoms. The van der Waals surface area contributed by atoms with Gasteiger partial charge in [-0.25, -0.2) is 4.79 Å². The van der Waals surface area contributed by atoms with E-state index in [0.717, 1.165) is 31.4 Å². The molecule has 1 saturated carbocycles. The number of ether oxygens (including phenoxy) is 2. The number of likely N-dealkylation sites (N-methyl/N-ethyl adjacent to an activating group) is 1. The van der Waals surface area contributed by atoms with Crippen LogP contribution in [0.25, 0.3) is 0 Å². The van der Waals surface area contributed by atoms with Crippen LogP contribution in [0.5, 0.6) is 5.75 Å². The molecule has 3 atom stereocenters. The van der Waals surface area contributed by atoms with Crippen LogP contribution in [0.2, 0.25) is 0 Å². The van der Waals surface area contributed by atoms with Crippen molar-refractivity contribution < 1.29 is 37.0 Å². The van der Waals surface area contributed by atoms with Crippen molar-refractivity contribution in [1.29, 1.82) is 0 Å². The predicted octanol–water partition coefficient (Wildman–Crippen LogP) is 5.48. The van der Waals surface area contributed by atoms with E-state index in [4.69, 9.17) is 9.47 Å². The number of fused-ring (bicyclic) bond motifs is 1. The summed E-state index contributed by atoms with van der Waals surface area (Å²) in [5, 5.41) is 5.58. The fraction of sp³-hybridized carbons (Fsp3) is 0.500. The van der Waals surface area contributed by atoms with Gasteiger partial charge < -0.3 is 29.9 Å². The molecule has 1 aliphatic heterocycles. The lowest BCUT2D eigenvalue weighted by Gasteiger charge is -2.36. The molecule has 0 aromatic heterocycles. The van der Waals surface area contributed by atoms with Crippen molar-refractivity contribution in [2.75, 3.05) is 44.5 Å². The molecule has 0 unspecified atom stereocenters. The van der Waals surface area contributed by atoms with Gasteiger partial charge in [0.15, 0.2) is 0 Å². The van der Waals surface area contributed by atoms with Crippen LogP contribution in [-0.4, -0.2) is 73.6 Å². The van der Waals surface area contributed by atoms with Gasteiger partial charge in [0.05, 0.1) is 23.3 Å². The highest BCUT2D eigenvalue weighted by Crippen LogP contribution is 2.31. The number of carbonyl (C=O) groups excluding carboxylic acids is 3. The summed E-state index contributed by atoms with van der Waals surface area (Å²) in [7, 11) is 3.18. The van der Waals surface area contributed by atoms with Gasteiger partial charge in [0.2, 0.25) is 5.91 Å². The van der Waals surface area contributed by atoms with Crippen molar-refractivity contribution in [3.05, 3.63) is 53.6 Å². The number of nitrogens with one attached hydrogen (secondary N) is 2. The zero-order valence-corrected chi connectivity index (χ0v) is 24.2. The van der Waals surface area contributed by atoms with Crippen LogP contribution in [0.1, 0.15) is 49.0 Å². The van der Waals surface area contributed by atoms with Crippen molar-refractivity contribution in [3.63, 3.8) is 0 Å². The molecule has 42 heavy (non-hydrogen) atoms. The number of rotatable bonds is 4. The highest BCUT2D eigenvalue weighted by molar-refractivity contribution is 6.00. The maximum atomic E-state index is 13.5. The molecule has 0 saturated heterocycles. The van der Waals surface area contributed by atoms with Gasteiger partial charge in [-0.05, 0) is 62.2 Å². The van der Waals surface area contributed by atoms with Gasteiger partial charge in [-0.3, -0.25) is 9.59 Å². The monoisotopic (exact) mass is 590 g/mol. The van der Waals surface area contributed by atoms with E-state index in [1.807, 2.05) is 6.92 Å². The molecule has 1 aliphatic carbocycles. The number of methoxy groups -OCH3 is 1. The summed E-state index contributed by atoms with van der Waals surface area (Å²) < 4.78 is 50.7. The van der Waals surface area contributed by atoms with Crippen molar-refractivity contribution in [1.82, 2.24) is 9.80 Å². The number of carbonyl (C=O) groups is 3. The van der Waals surface area contributed by atoms with Crippen LogP contribution in [0.3, 0.4) is 0 Å². The maximum absolute atomic E-state index is 13.5. The summed E-state index contributed by atoms with van der Waals surface area (Å²) in [6.07, 6.45) is -2.20. The molecule has 2 aromatic carbocycles. The zero-order valence-electron chi connectivity index (χ0n) is 24.2. The van der Waals surface area contributed by atoms with Gasteiger partial charge in [0.25, 0.3) is 5.91 Å². The molecule has 2 aliphatic rings. The maximum Gasteiger partial charge on any atom is 0.416 e. The van der Waals surface area contributed by atoms with Crippen LogP contribution in [0.15, 0.2) is 42.5 Å². The van der Waals surface area contributed by atoms with Gasteiger partial charge >= 0.3 is 12.2 Å². The first-order valence-corrected chi connectivity index (χ1v) is 14.0. The number of alkyl halides is 3. The molecule has 4 amide bonds. The summed E-state index contributed by atoms with van der Waals surface area (Å²) in [6, 6.07) is 8.13. The van der Waals surface area contributed by atoms with Gasteiger partial charge in [-0.15, -0.1) is 0 Å². The van der Waals surface area contributed by atoms with Crippen molar-refractivity contribution >= 4 is 29.2 Å². The molecule has 0 radical (unpaired) electrons. The summed E-state index contributed by atoms with van der Waals surface area (Å²) in [5.74, 6) is -0.328. The average molecular weight is 591 g/mol. The van der Waals surface area contributed by atoms with Crippen LogP contribution in [0, 0.1) is 11.8 Å². The van der Waals surface area contributed by atoms with Crippen LogP contribution in [-0.2, 0) is 15.7 Å². The minimum atomic E-state index is -4.48. The van der Waals surface area contributed by atoms with E-state index in [1.54, 1.807) is 37.1 Å². The van der Waals surface area contributed by atoms with E-state index < -0.39 is 29.9 Å². The molecule has 2 N–H and O–H groups in total. The second kappa shape index (κ2) is 13.0. The molecule has 1 fully saturated rings. The number of anilines is 2. The number of benzene rings is 2. The lowest BCUT2D eigenvalue weighted by atomic mass is 9.85. The third kappa shape index (κ3) is 7.33. The zero-order chi connectivity index (χ0) is 30.6. The van der Waals surface area contributed by atoms with Crippen molar-refractivity contribution in [3.8, 4) is 5.75 Å². The minimum absolute atomic E-state index is 0.0230. The van der Waals surface area contributed by atoms with E-state index >= 15 is 0 Å². The van der Waals surface area contributed by atoms with Gasteiger partial charge in [0, 0.05) is 50.5 Å². The van der Waals surface area contributed by atoms with Gasteiger partial charge in [-0.2, -0.15) is 13.2 Å². The first-order valence-electron chi connectivity index (χ1n) is 14.0. The Morgan fingerprint density at radius 1 is 1.00 bits per heavy atom. The number of halogens is 3. The predicted molar refractivity (Wildman–Crippen MR) is 151 cm³/mol. The lowest BCUT2D eigenvalue weighted by molar-refractivity contribution is -0.137. The molecule has 9 nitrogen and oxygen atoms in total. The fourth-order valence-corrected chi connectivity index (χ4v) is 4.99. The molecule has 12 heteroatoms. The molecule has 4 rings (SSSR count). The smallest absolute Gasteiger partial charge is 0.416 e. The third-order valence-electron chi connectivity index (χ3n) is 7.91. The van der Waals surface area contributed by atoms with E-state index in [0.29, 0.717) is 11.4 Å². The SMILES string of the molecule is CO[C@@H]1CN(C)C(=O)c2cc(NC(=O)C3CCC3)ccc2OC[C@@H](C)N(C(=O)Nc2ccc(C(F)(F)F)cc2)C[C@H]1C. The molecule has 2 aromatic rings. The van der Waals surface area contributed by atoms with E-state index in [2.05, 4.69) is 10.6 Å². The lowest BCUT2D eigenvalue weighted by Crippen LogP contribution is -2.50. The second-order valence-electron chi connectivity index (χ2n) is 11.1. The Kier molecular flexibility index (Phi) is 9.65. The minimum Gasteiger partial charge on any atom is -0.491 e. The molecular formula is C30H37F3N4O5. The molecular weight excluding hydrogens is 553 g/mol. The van der Waals surface area contributed by atoms with E-state index in [9.17, 15) is 27.6 Å². The Morgan fingerprint density at radius 3 is 2.26 bits per heavy atom. The quantitative estimate of drug-likeness (QED) is 0.491. The van der Waals surface area contributed by atoms with E-state index in [-0.39, 0.29) is 54.6 Å². The third-order valence-corrected chi connectivity index (χ3v) is 7.91. The van der Waals surface area contributed by atoms with Gasteiger partial charge in [-0.1, -0.05) is 13.3 Å². The van der Waals surface area contributed by atoms with Crippen LogP contribution >= 0.6 is 0 Å². The Morgan fingerprint density at radius 2 is 1.67 bits per heavy atom. The van der Waals surface area contributed by atoms with Gasteiger partial charge in [0.1, 0.15) is 12.4 Å². The number of hydrogen-bond donors (Lipinski definition) is 2. The number of urea groups is 1.